The summed E-state index contributed by atoms with van der Waals surface area (Å²) in [6.07, 6.45) is 4.73. The Balaban J connectivity index is -0.000000256. The fourth-order valence-corrected chi connectivity index (χ4v) is 1.67. The summed E-state index contributed by atoms with van der Waals surface area (Å²) in [7, 11) is 0. The Labute approximate surface area is 133 Å². The maximum absolute atomic E-state index is 10.2. The third kappa shape index (κ3) is 13.9. The van der Waals surface area contributed by atoms with Crippen molar-refractivity contribution in [3.05, 3.63) is 0 Å². The van der Waals surface area contributed by atoms with E-state index < -0.39 is 11.9 Å². The molecule has 0 aliphatic heterocycles. The smallest absolute Gasteiger partial charge is 0.550 e. The van der Waals surface area contributed by atoms with E-state index in [0.29, 0.717) is 12.8 Å². The second-order valence-corrected chi connectivity index (χ2v) is 4.43. The van der Waals surface area contributed by atoms with Crippen molar-refractivity contribution in [3.8, 4) is 0 Å². The number of hydrogen-bond acceptors (Lipinski definition) is 4. The zero-order valence-corrected chi connectivity index (χ0v) is 14.2. The van der Waals surface area contributed by atoms with Gasteiger partial charge in [-0.25, -0.2) is 0 Å². The summed E-state index contributed by atoms with van der Waals surface area (Å²) >= 11 is 0. The molecule has 0 saturated carbocycles. The van der Waals surface area contributed by atoms with Crippen LogP contribution in [-0.2, 0) is 9.59 Å². The molecule has 0 aromatic carbocycles. The van der Waals surface area contributed by atoms with Gasteiger partial charge in [0.15, 0.2) is 0 Å². The van der Waals surface area contributed by atoms with Gasteiger partial charge in [0, 0.05) is 11.9 Å². The van der Waals surface area contributed by atoms with Crippen molar-refractivity contribution in [2.24, 2.45) is 11.8 Å². The Morgan fingerprint density at radius 1 is 0.789 bits per heavy atom. The molecule has 0 fully saturated rings. The summed E-state index contributed by atoms with van der Waals surface area (Å²) in [5.41, 5.74) is 0. The molecular formula is C14H26MgO4. The van der Waals surface area contributed by atoms with Crippen LogP contribution in [0.4, 0.5) is 0 Å². The molecule has 0 aromatic heterocycles. The van der Waals surface area contributed by atoms with Crippen molar-refractivity contribution in [3.63, 3.8) is 0 Å². The number of rotatable bonds is 8. The molecule has 4 nitrogen and oxygen atoms in total. The topological polar surface area (TPSA) is 80.3 Å². The predicted molar refractivity (Wildman–Crippen MR) is 73.1 cm³/mol. The standard InChI is InChI=1S/2C7H14O2.Mg/c2*1-3-5-6(4-2)7(8)9;/h2*6H,3-5H2,1-2H3,(H,8,9);/q;;+2/p-2. The van der Waals surface area contributed by atoms with Gasteiger partial charge in [-0.1, -0.05) is 40.5 Å². The van der Waals surface area contributed by atoms with Crippen LogP contribution in [0.5, 0.6) is 0 Å². The van der Waals surface area contributed by atoms with E-state index in [1.165, 1.54) is 0 Å². The van der Waals surface area contributed by atoms with Gasteiger partial charge in [-0.3, -0.25) is 0 Å². The Kier molecular flexibility index (Phi) is 19.7. The van der Waals surface area contributed by atoms with E-state index in [-0.39, 0.29) is 34.9 Å². The summed E-state index contributed by atoms with van der Waals surface area (Å²) in [6.45, 7) is 7.70. The number of aliphatic carboxylic acids is 2. The Hall–Kier alpha value is -0.294. The van der Waals surface area contributed by atoms with Gasteiger partial charge >= 0.3 is 23.1 Å². The zero-order valence-electron chi connectivity index (χ0n) is 12.7. The molecule has 0 aliphatic rings. The minimum atomic E-state index is -0.903. The first kappa shape index (κ1) is 23.8. The van der Waals surface area contributed by atoms with Crippen LogP contribution in [0.2, 0.25) is 0 Å². The van der Waals surface area contributed by atoms with Gasteiger partial charge in [-0.05, 0) is 37.5 Å². The molecule has 0 aromatic rings. The van der Waals surface area contributed by atoms with Gasteiger partial charge in [-0.15, -0.1) is 0 Å². The first-order valence-corrected chi connectivity index (χ1v) is 6.86. The van der Waals surface area contributed by atoms with Crippen LogP contribution >= 0.6 is 0 Å². The van der Waals surface area contributed by atoms with Crippen LogP contribution in [-0.4, -0.2) is 35.0 Å². The van der Waals surface area contributed by atoms with Gasteiger partial charge in [0.05, 0.1) is 0 Å². The van der Waals surface area contributed by atoms with Gasteiger partial charge in [0.25, 0.3) is 0 Å². The third-order valence-electron chi connectivity index (χ3n) is 2.93. The van der Waals surface area contributed by atoms with Gasteiger partial charge < -0.3 is 19.8 Å². The minimum absolute atomic E-state index is 0. The second-order valence-electron chi connectivity index (χ2n) is 4.43. The van der Waals surface area contributed by atoms with Crippen molar-refractivity contribution in [2.45, 2.75) is 66.2 Å². The monoisotopic (exact) mass is 282 g/mol. The molecule has 0 radical (unpaired) electrons. The number of carbonyl (C=O) groups excluding carboxylic acids is 2. The molecule has 5 heteroatoms. The van der Waals surface area contributed by atoms with Crippen molar-refractivity contribution < 1.29 is 19.8 Å². The largest absolute Gasteiger partial charge is 2.00 e. The summed E-state index contributed by atoms with van der Waals surface area (Å²) in [4.78, 5) is 20.4. The number of carboxylic acids is 2. The predicted octanol–water partition coefficient (Wildman–Crippen LogP) is 0.744. The maximum Gasteiger partial charge on any atom is 2.00 e. The molecule has 0 spiro atoms. The van der Waals surface area contributed by atoms with Crippen molar-refractivity contribution in [1.29, 1.82) is 0 Å². The molecule has 2 atom stereocenters. The van der Waals surface area contributed by atoms with Crippen LogP contribution < -0.4 is 10.2 Å². The molecule has 0 aliphatic carbocycles. The minimum Gasteiger partial charge on any atom is -0.550 e. The molecule has 0 amide bonds. The molecule has 0 saturated heterocycles. The van der Waals surface area contributed by atoms with Crippen LogP contribution in [0.3, 0.4) is 0 Å². The van der Waals surface area contributed by atoms with Gasteiger partial charge in [-0.2, -0.15) is 0 Å². The van der Waals surface area contributed by atoms with Crippen LogP contribution in [0.1, 0.15) is 66.2 Å². The van der Waals surface area contributed by atoms with Gasteiger partial charge in [0.1, 0.15) is 0 Å². The van der Waals surface area contributed by atoms with E-state index in [1.807, 2.05) is 27.7 Å². The third-order valence-corrected chi connectivity index (χ3v) is 2.93. The molecule has 2 unspecified atom stereocenters. The fourth-order valence-electron chi connectivity index (χ4n) is 1.67. The van der Waals surface area contributed by atoms with E-state index in [4.69, 9.17) is 0 Å². The van der Waals surface area contributed by atoms with E-state index in [9.17, 15) is 19.8 Å². The maximum atomic E-state index is 10.2. The Morgan fingerprint density at radius 3 is 1.11 bits per heavy atom. The number of hydrogen-bond donors (Lipinski definition) is 0. The molecular weight excluding hydrogens is 256 g/mol. The SMILES string of the molecule is CCCC(CC)C(=O)[O-].CCCC(CC)C(=O)[O-].[Mg+2]. The second kappa shape index (κ2) is 15.8. The molecule has 108 valence electrons. The summed E-state index contributed by atoms with van der Waals surface area (Å²) in [6, 6.07) is 0. The normalized spacial score (nSPS) is 12.4. The molecule has 0 rings (SSSR count). The van der Waals surface area contributed by atoms with E-state index >= 15 is 0 Å². The fraction of sp³-hybridized carbons (Fsp3) is 0.857. The van der Waals surface area contributed by atoms with Crippen molar-refractivity contribution in [2.75, 3.05) is 0 Å². The molecule has 0 bridgehead atoms. The first-order chi connectivity index (χ1) is 8.44. The zero-order chi connectivity index (χ0) is 14.6. The van der Waals surface area contributed by atoms with Gasteiger partial charge in [0.2, 0.25) is 0 Å². The molecule has 0 heterocycles. The van der Waals surface area contributed by atoms with Crippen LogP contribution in [0, 0.1) is 11.8 Å². The Morgan fingerprint density at radius 2 is 1.05 bits per heavy atom. The summed E-state index contributed by atoms with van der Waals surface area (Å²) in [5, 5.41) is 20.4. The number of carbonyl (C=O) groups is 2. The Bertz CT molecular complexity index is 207. The van der Waals surface area contributed by atoms with Crippen LogP contribution in [0.15, 0.2) is 0 Å². The van der Waals surface area contributed by atoms with Crippen molar-refractivity contribution >= 4 is 35.0 Å². The molecule has 19 heavy (non-hydrogen) atoms. The summed E-state index contributed by atoms with van der Waals surface area (Å²) in [5.74, 6) is -2.26. The average Bonchev–Trinajstić information content (AvgIpc) is 2.32. The first-order valence-electron chi connectivity index (χ1n) is 6.86. The van der Waals surface area contributed by atoms with Crippen LogP contribution in [0.25, 0.3) is 0 Å². The summed E-state index contributed by atoms with van der Waals surface area (Å²) < 4.78 is 0. The average molecular weight is 283 g/mol. The van der Waals surface area contributed by atoms with Crippen molar-refractivity contribution in [1.82, 2.24) is 0 Å². The quantitative estimate of drug-likeness (QED) is 0.615. The van der Waals surface area contributed by atoms with E-state index in [0.717, 1.165) is 25.7 Å². The van der Waals surface area contributed by atoms with E-state index in [1.54, 1.807) is 0 Å². The van der Waals surface area contributed by atoms with E-state index in [2.05, 4.69) is 0 Å². The number of carboxylic acid groups (broad SMARTS) is 2. The molecule has 0 N–H and O–H groups in total.